The molecule has 0 aliphatic carbocycles. The molecule has 444 valence electrons. The van der Waals surface area contributed by atoms with Crippen LogP contribution >= 0.6 is 0 Å². The first-order valence-electron chi connectivity index (χ1n) is 28.7. The Morgan fingerprint density at radius 1 is 0.468 bits per heavy atom. The number of allylic oxidation sites excluding steroid dienone is 11. The Bertz CT molecular complexity index is 1690. The van der Waals surface area contributed by atoms with Crippen LogP contribution in [0.15, 0.2) is 72.9 Å². The highest BCUT2D eigenvalue weighted by atomic mass is 16.8. The van der Waals surface area contributed by atoms with Crippen LogP contribution in [0.4, 0.5) is 0 Å². The topological polar surface area (TPSA) is 307 Å². The highest BCUT2D eigenvalue weighted by molar-refractivity contribution is 5.76. The SMILES string of the molecule is CCCCC/C=C\C/C=C\C/C=C\CCCCCCCCC(=O)NC(COC1OC(CO)C(OC2OC(CO)C(OC3OC(CO)C(O)C(O)C3O)C(O)C2O)C(O)C1O)C(O)/C=C/CC/C=C/CC/C=C/CCCCC. The minimum absolute atomic E-state index is 0.213. The van der Waals surface area contributed by atoms with Crippen LogP contribution in [0.1, 0.15) is 155 Å². The van der Waals surface area contributed by atoms with Crippen molar-refractivity contribution in [2.75, 3.05) is 26.4 Å². The maximum atomic E-state index is 13.3. The third-order valence-corrected chi connectivity index (χ3v) is 14.0. The first kappa shape index (κ1) is 68.5. The van der Waals surface area contributed by atoms with E-state index in [2.05, 4.69) is 79.9 Å². The summed E-state index contributed by atoms with van der Waals surface area (Å²) in [5, 5.41) is 120. The van der Waals surface area contributed by atoms with Gasteiger partial charge in [-0.25, -0.2) is 0 Å². The summed E-state index contributed by atoms with van der Waals surface area (Å²) in [6.07, 6.45) is 20.3. The van der Waals surface area contributed by atoms with Crippen molar-refractivity contribution in [1.82, 2.24) is 5.32 Å². The Hall–Kier alpha value is -2.77. The molecule has 0 aromatic carbocycles. The fourth-order valence-electron chi connectivity index (χ4n) is 9.17. The molecule has 19 heteroatoms. The molecule has 12 N–H and O–H groups in total. The van der Waals surface area contributed by atoms with Gasteiger partial charge in [-0.05, 0) is 83.5 Å². The number of hydrogen-bond donors (Lipinski definition) is 12. The van der Waals surface area contributed by atoms with Crippen molar-refractivity contribution in [3.8, 4) is 0 Å². The van der Waals surface area contributed by atoms with Gasteiger partial charge in [0.15, 0.2) is 18.9 Å². The summed E-state index contributed by atoms with van der Waals surface area (Å²) >= 11 is 0. The molecule has 3 fully saturated rings. The van der Waals surface area contributed by atoms with Crippen molar-refractivity contribution < 1.29 is 89.4 Å². The molecule has 3 saturated heterocycles. The molecule has 0 bridgehead atoms. The normalized spacial score (nSPS) is 31.3. The maximum Gasteiger partial charge on any atom is 0.220 e. The predicted octanol–water partition coefficient (Wildman–Crippen LogP) is 4.26. The summed E-state index contributed by atoms with van der Waals surface area (Å²) < 4.78 is 34.1. The van der Waals surface area contributed by atoms with Crippen LogP contribution in [0.3, 0.4) is 0 Å². The van der Waals surface area contributed by atoms with E-state index in [0.29, 0.717) is 12.8 Å². The van der Waals surface area contributed by atoms with E-state index >= 15 is 0 Å². The molecule has 17 unspecified atom stereocenters. The van der Waals surface area contributed by atoms with Gasteiger partial charge in [0, 0.05) is 6.42 Å². The van der Waals surface area contributed by atoms with E-state index in [1.54, 1.807) is 6.08 Å². The zero-order valence-electron chi connectivity index (χ0n) is 45.9. The fourth-order valence-corrected chi connectivity index (χ4v) is 9.17. The minimum Gasteiger partial charge on any atom is -0.394 e. The number of hydrogen-bond acceptors (Lipinski definition) is 18. The molecule has 19 nitrogen and oxygen atoms in total. The molecule has 1 amide bonds. The second-order valence-corrected chi connectivity index (χ2v) is 20.4. The van der Waals surface area contributed by atoms with Gasteiger partial charge in [0.2, 0.25) is 5.91 Å². The summed E-state index contributed by atoms with van der Waals surface area (Å²) in [6, 6.07) is -1.01. The van der Waals surface area contributed by atoms with Crippen LogP contribution < -0.4 is 5.32 Å². The molecule has 3 heterocycles. The molecule has 0 aromatic heterocycles. The summed E-state index contributed by atoms with van der Waals surface area (Å²) in [5.41, 5.74) is 0. The highest BCUT2D eigenvalue weighted by Crippen LogP contribution is 2.33. The zero-order chi connectivity index (χ0) is 56.2. The molecule has 17 atom stereocenters. The number of unbranched alkanes of at least 4 members (excludes halogenated alkanes) is 14. The minimum atomic E-state index is -1.99. The number of ether oxygens (including phenoxy) is 6. The summed E-state index contributed by atoms with van der Waals surface area (Å²) in [7, 11) is 0. The largest absolute Gasteiger partial charge is 0.394 e. The van der Waals surface area contributed by atoms with Crippen molar-refractivity contribution >= 4 is 5.91 Å². The summed E-state index contributed by atoms with van der Waals surface area (Å²) in [6.45, 7) is 1.58. The number of carbonyl (C=O) groups is 1. The summed E-state index contributed by atoms with van der Waals surface area (Å²) in [5.74, 6) is -0.308. The lowest BCUT2D eigenvalue weighted by molar-refractivity contribution is -0.379. The lowest BCUT2D eigenvalue weighted by Gasteiger charge is -2.48. The first-order chi connectivity index (χ1) is 37.3. The van der Waals surface area contributed by atoms with Crippen LogP contribution in [0.2, 0.25) is 0 Å². The summed E-state index contributed by atoms with van der Waals surface area (Å²) in [4.78, 5) is 13.3. The Morgan fingerprint density at radius 2 is 0.870 bits per heavy atom. The molecular formula is C58H99NO18. The van der Waals surface area contributed by atoms with E-state index in [-0.39, 0.29) is 18.9 Å². The van der Waals surface area contributed by atoms with Gasteiger partial charge in [0.1, 0.15) is 73.2 Å². The van der Waals surface area contributed by atoms with Gasteiger partial charge in [0.25, 0.3) is 0 Å². The molecule has 3 aliphatic heterocycles. The van der Waals surface area contributed by atoms with Crippen molar-refractivity contribution in [3.63, 3.8) is 0 Å². The second kappa shape index (κ2) is 41.3. The van der Waals surface area contributed by atoms with Crippen LogP contribution in [0.25, 0.3) is 0 Å². The predicted molar refractivity (Wildman–Crippen MR) is 291 cm³/mol. The number of rotatable bonds is 40. The van der Waals surface area contributed by atoms with Crippen molar-refractivity contribution in [2.45, 2.75) is 259 Å². The van der Waals surface area contributed by atoms with Gasteiger partial charge in [-0.2, -0.15) is 0 Å². The van der Waals surface area contributed by atoms with E-state index in [1.807, 2.05) is 6.08 Å². The van der Waals surface area contributed by atoms with Gasteiger partial charge in [-0.1, -0.05) is 138 Å². The number of aliphatic hydroxyl groups excluding tert-OH is 11. The molecule has 0 spiro atoms. The maximum absolute atomic E-state index is 13.3. The second-order valence-electron chi connectivity index (χ2n) is 20.4. The molecule has 0 saturated carbocycles. The van der Waals surface area contributed by atoms with Crippen LogP contribution in [-0.2, 0) is 33.2 Å². The molecule has 3 aliphatic rings. The molecule has 0 radical (unpaired) electrons. The number of amides is 1. The molecule has 0 aromatic rings. The average molecular weight is 1100 g/mol. The van der Waals surface area contributed by atoms with Crippen LogP contribution in [0, 0.1) is 0 Å². The Balaban J connectivity index is 1.53. The van der Waals surface area contributed by atoms with Gasteiger partial charge in [-0.3, -0.25) is 4.79 Å². The van der Waals surface area contributed by atoms with Crippen LogP contribution in [0.5, 0.6) is 0 Å². The first-order valence-corrected chi connectivity index (χ1v) is 28.7. The molecular weight excluding hydrogens is 999 g/mol. The van der Waals surface area contributed by atoms with Gasteiger partial charge in [-0.15, -0.1) is 0 Å². The molecule has 77 heavy (non-hydrogen) atoms. The lowest BCUT2D eigenvalue weighted by atomic mass is 9.96. The van der Waals surface area contributed by atoms with E-state index in [1.165, 1.54) is 38.5 Å². The van der Waals surface area contributed by atoms with E-state index in [4.69, 9.17) is 28.4 Å². The number of nitrogens with one attached hydrogen (secondary N) is 1. The van der Waals surface area contributed by atoms with E-state index < -0.39 is 124 Å². The lowest BCUT2D eigenvalue weighted by Crippen LogP contribution is -2.66. The number of aliphatic hydroxyl groups is 11. The quantitative estimate of drug-likeness (QED) is 0.0301. The third kappa shape index (κ3) is 25.7. The fraction of sp³-hybridized carbons (Fsp3) is 0.776. The average Bonchev–Trinajstić information content (AvgIpc) is 3.42. The smallest absolute Gasteiger partial charge is 0.220 e. The molecule has 3 rings (SSSR count). The Morgan fingerprint density at radius 3 is 1.39 bits per heavy atom. The van der Waals surface area contributed by atoms with Gasteiger partial charge in [0.05, 0.1) is 38.6 Å². The monoisotopic (exact) mass is 1100 g/mol. The van der Waals surface area contributed by atoms with Gasteiger partial charge < -0.3 is 89.9 Å². The van der Waals surface area contributed by atoms with Crippen molar-refractivity contribution in [2.24, 2.45) is 0 Å². The van der Waals surface area contributed by atoms with E-state index in [0.717, 1.165) is 83.5 Å². The van der Waals surface area contributed by atoms with Crippen LogP contribution in [-0.4, -0.2) is 193 Å². The number of carbonyl (C=O) groups excluding carboxylic acids is 1. The van der Waals surface area contributed by atoms with E-state index in [9.17, 15) is 61.0 Å². The standard InChI is InChI=1S/C58H99NO18/c1-3-5-7-9-11-13-15-17-18-19-20-21-22-24-26-28-30-32-34-36-46(64)59-41(42(63)35-33-31-29-27-25-23-16-14-12-10-8-6-4-2)40-72-56-52(70)49(67)54(44(38-61)74-56)77-58-53(71)50(68)55(45(39-62)75-58)76-57-51(69)48(66)47(65)43(37-60)73-57/h11-14,17-18,20-21,25,27,33,35,41-45,47-58,60-63,65-71H,3-10,15-16,19,22-24,26,28-32,34,36-40H2,1-2H3,(H,59,64)/b13-11-,14-12+,18-17-,21-20-,27-25+,35-33+. The Labute approximate surface area is 458 Å². The van der Waals surface area contributed by atoms with Crippen molar-refractivity contribution in [1.29, 1.82) is 0 Å². The Kier molecular flexibility index (Phi) is 36.7. The van der Waals surface area contributed by atoms with Gasteiger partial charge >= 0.3 is 0 Å². The zero-order valence-corrected chi connectivity index (χ0v) is 45.9. The van der Waals surface area contributed by atoms with Crippen molar-refractivity contribution in [3.05, 3.63) is 72.9 Å². The third-order valence-electron chi connectivity index (χ3n) is 14.0. The highest BCUT2D eigenvalue weighted by Gasteiger charge is 2.53.